The van der Waals surface area contributed by atoms with E-state index in [9.17, 15) is 24.1 Å². The molecular formula is C15H12ClFN2O5. The fourth-order valence-corrected chi connectivity index (χ4v) is 2.88. The Hall–Kier alpha value is -2.48. The van der Waals surface area contributed by atoms with Gasteiger partial charge in [-0.3, -0.25) is 14.9 Å². The van der Waals surface area contributed by atoms with Crippen LogP contribution in [0.1, 0.15) is 36.2 Å². The summed E-state index contributed by atoms with van der Waals surface area (Å²) in [6, 6.07) is 0.563. The number of benzene rings is 1. The van der Waals surface area contributed by atoms with Crippen LogP contribution in [0.2, 0.25) is 5.02 Å². The largest absolute Gasteiger partial charge is 0.462 e. The molecule has 126 valence electrons. The highest BCUT2D eigenvalue weighted by molar-refractivity contribution is 6.34. The van der Waals surface area contributed by atoms with Crippen molar-refractivity contribution < 1.29 is 18.8 Å². The molecule has 0 radical (unpaired) electrons. The molecule has 0 N–H and O–H groups in total. The number of carbonyl (C=O) groups is 1. The van der Waals surface area contributed by atoms with Gasteiger partial charge < -0.3 is 9.30 Å². The van der Waals surface area contributed by atoms with E-state index in [0.29, 0.717) is 12.8 Å². The predicted molar refractivity (Wildman–Crippen MR) is 84.1 cm³/mol. The average molecular weight is 355 g/mol. The van der Waals surface area contributed by atoms with Crippen LogP contribution >= 0.6 is 11.6 Å². The number of rotatable bonds is 4. The average Bonchev–Trinajstić information content (AvgIpc) is 3.31. The molecule has 0 bridgehead atoms. The minimum absolute atomic E-state index is 0.0446. The molecule has 0 spiro atoms. The van der Waals surface area contributed by atoms with Gasteiger partial charge in [-0.25, -0.2) is 9.18 Å². The molecule has 7 nitrogen and oxygen atoms in total. The Morgan fingerprint density at radius 2 is 2.21 bits per heavy atom. The lowest BCUT2D eigenvalue weighted by molar-refractivity contribution is -0.383. The third-order valence-corrected chi connectivity index (χ3v) is 4.08. The van der Waals surface area contributed by atoms with E-state index < -0.39 is 38.2 Å². The lowest BCUT2D eigenvalue weighted by Crippen LogP contribution is -2.22. The summed E-state index contributed by atoms with van der Waals surface area (Å²) in [5, 5.41) is 10.4. The first-order valence-corrected chi connectivity index (χ1v) is 7.63. The van der Waals surface area contributed by atoms with E-state index in [4.69, 9.17) is 16.3 Å². The van der Waals surface area contributed by atoms with Crippen LogP contribution in [-0.4, -0.2) is 22.1 Å². The molecule has 0 aliphatic heterocycles. The molecule has 1 aromatic carbocycles. The van der Waals surface area contributed by atoms with E-state index in [0.717, 1.165) is 6.07 Å². The van der Waals surface area contributed by atoms with Gasteiger partial charge in [0.1, 0.15) is 21.9 Å². The van der Waals surface area contributed by atoms with Crippen LogP contribution in [0, 0.1) is 15.9 Å². The zero-order valence-electron chi connectivity index (χ0n) is 12.5. The first kappa shape index (κ1) is 16.4. The smallest absolute Gasteiger partial charge is 0.343 e. The maximum Gasteiger partial charge on any atom is 0.343 e. The number of ether oxygens (including phenoxy) is 1. The minimum Gasteiger partial charge on any atom is -0.462 e. The second-order valence-electron chi connectivity index (χ2n) is 5.40. The maximum atomic E-state index is 14.4. The van der Waals surface area contributed by atoms with E-state index in [1.165, 1.54) is 10.8 Å². The number of esters is 1. The summed E-state index contributed by atoms with van der Waals surface area (Å²) in [5.41, 5.74) is -2.05. The molecule has 0 unspecified atom stereocenters. The minimum atomic E-state index is -1.01. The molecule has 1 heterocycles. The van der Waals surface area contributed by atoms with Gasteiger partial charge in [0, 0.05) is 18.3 Å². The topological polar surface area (TPSA) is 91.4 Å². The van der Waals surface area contributed by atoms with Crippen LogP contribution in [0.5, 0.6) is 0 Å². The highest BCUT2D eigenvalue weighted by Gasteiger charge is 2.33. The summed E-state index contributed by atoms with van der Waals surface area (Å²) >= 11 is 5.82. The molecule has 24 heavy (non-hydrogen) atoms. The SMILES string of the molecule is CCOC(=O)c1cn(C2CC2)c2c([N+](=O)[O-])c(Cl)cc(F)c2c1=O. The van der Waals surface area contributed by atoms with Crippen LogP contribution in [0.25, 0.3) is 10.9 Å². The normalized spacial score (nSPS) is 14.0. The zero-order chi connectivity index (χ0) is 17.6. The van der Waals surface area contributed by atoms with Crippen LogP contribution in [0.3, 0.4) is 0 Å². The third kappa shape index (κ3) is 2.52. The van der Waals surface area contributed by atoms with Gasteiger partial charge in [-0.05, 0) is 19.8 Å². The van der Waals surface area contributed by atoms with Gasteiger partial charge in [-0.1, -0.05) is 11.6 Å². The first-order chi connectivity index (χ1) is 11.4. The van der Waals surface area contributed by atoms with Crippen LogP contribution in [0.15, 0.2) is 17.1 Å². The van der Waals surface area contributed by atoms with Gasteiger partial charge in [0.2, 0.25) is 5.43 Å². The number of nitro groups is 1. The predicted octanol–water partition coefficient (Wildman–Crippen LogP) is 3.21. The summed E-state index contributed by atoms with van der Waals surface area (Å²) in [7, 11) is 0. The second kappa shape index (κ2) is 5.86. The van der Waals surface area contributed by atoms with Crippen molar-refractivity contribution in [3.63, 3.8) is 0 Å². The van der Waals surface area contributed by atoms with Crippen molar-refractivity contribution >= 4 is 34.2 Å². The fourth-order valence-electron chi connectivity index (χ4n) is 2.63. The van der Waals surface area contributed by atoms with Crippen molar-refractivity contribution in [3.05, 3.63) is 49.0 Å². The van der Waals surface area contributed by atoms with E-state index in [-0.39, 0.29) is 23.7 Å². The van der Waals surface area contributed by atoms with Gasteiger partial charge in [0.15, 0.2) is 0 Å². The number of carbonyl (C=O) groups excluding carboxylic acids is 1. The molecule has 0 amide bonds. The Morgan fingerprint density at radius 1 is 1.54 bits per heavy atom. The van der Waals surface area contributed by atoms with Gasteiger partial charge >= 0.3 is 11.7 Å². The molecule has 0 atom stereocenters. The van der Waals surface area contributed by atoms with Crippen molar-refractivity contribution in [1.82, 2.24) is 4.57 Å². The lowest BCUT2D eigenvalue weighted by atomic mass is 10.1. The second-order valence-corrected chi connectivity index (χ2v) is 5.81. The Balaban J connectivity index is 2.47. The number of nitrogens with zero attached hydrogens (tertiary/aromatic N) is 2. The summed E-state index contributed by atoms with van der Waals surface area (Å²) < 4.78 is 20.6. The molecule has 1 aromatic heterocycles. The van der Waals surface area contributed by atoms with Gasteiger partial charge in [-0.2, -0.15) is 0 Å². The quantitative estimate of drug-likeness (QED) is 0.477. The van der Waals surface area contributed by atoms with E-state index >= 15 is 0 Å². The van der Waals surface area contributed by atoms with Crippen molar-refractivity contribution in [3.8, 4) is 0 Å². The number of hydrogen-bond acceptors (Lipinski definition) is 5. The van der Waals surface area contributed by atoms with Crippen molar-refractivity contribution in [2.45, 2.75) is 25.8 Å². The Morgan fingerprint density at radius 3 is 2.75 bits per heavy atom. The fraction of sp³-hybridized carbons (Fsp3) is 0.333. The number of hydrogen-bond donors (Lipinski definition) is 0. The molecule has 1 aliphatic rings. The number of pyridine rings is 1. The van der Waals surface area contributed by atoms with Crippen molar-refractivity contribution in [1.29, 1.82) is 0 Å². The number of halogens is 2. The van der Waals surface area contributed by atoms with Gasteiger partial charge in [-0.15, -0.1) is 0 Å². The molecule has 2 aromatic rings. The number of fused-ring (bicyclic) bond motifs is 1. The van der Waals surface area contributed by atoms with Gasteiger partial charge in [0.05, 0.1) is 16.9 Å². The third-order valence-electron chi connectivity index (χ3n) is 3.80. The molecule has 1 saturated carbocycles. The summed E-state index contributed by atoms with van der Waals surface area (Å²) in [5.74, 6) is -1.90. The summed E-state index contributed by atoms with van der Waals surface area (Å²) in [6.07, 6.45) is 2.60. The maximum absolute atomic E-state index is 14.4. The standard InChI is InChI=1S/C15H12ClFN2O5/c1-2-24-15(21)8-6-18(7-3-4-7)13-11(14(8)20)10(17)5-9(16)12(13)19(22)23/h5-7H,2-4H2,1H3. The Kier molecular flexibility index (Phi) is 4.00. The molecule has 1 fully saturated rings. The number of aromatic nitrogens is 1. The first-order valence-electron chi connectivity index (χ1n) is 7.25. The highest BCUT2D eigenvalue weighted by atomic mass is 35.5. The molecule has 0 saturated heterocycles. The molecule has 9 heteroatoms. The molecule has 3 rings (SSSR count). The zero-order valence-corrected chi connectivity index (χ0v) is 13.3. The Labute approximate surface area is 139 Å². The number of nitro benzene ring substituents is 1. The monoisotopic (exact) mass is 354 g/mol. The lowest BCUT2D eigenvalue weighted by Gasteiger charge is -2.13. The summed E-state index contributed by atoms with van der Waals surface area (Å²) in [4.78, 5) is 35.1. The van der Waals surface area contributed by atoms with Crippen LogP contribution in [0.4, 0.5) is 10.1 Å². The van der Waals surface area contributed by atoms with E-state index in [2.05, 4.69) is 0 Å². The molecule has 1 aliphatic carbocycles. The Bertz CT molecular complexity index is 936. The van der Waals surface area contributed by atoms with Gasteiger partial charge in [0.25, 0.3) is 0 Å². The van der Waals surface area contributed by atoms with Crippen molar-refractivity contribution in [2.75, 3.05) is 6.61 Å². The van der Waals surface area contributed by atoms with E-state index in [1.807, 2.05) is 0 Å². The molecular weight excluding hydrogens is 343 g/mol. The van der Waals surface area contributed by atoms with Crippen LogP contribution in [-0.2, 0) is 4.74 Å². The summed E-state index contributed by atoms with van der Waals surface area (Å²) in [6.45, 7) is 1.62. The highest BCUT2D eigenvalue weighted by Crippen LogP contribution is 2.41. The van der Waals surface area contributed by atoms with Crippen LogP contribution < -0.4 is 5.43 Å². The van der Waals surface area contributed by atoms with E-state index in [1.54, 1.807) is 6.92 Å². The van der Waals surface area contributed by atoms with Crippen molar-refractivity contribution in [2.24, 2.45) is 0 Å².